The van der Waals surface area contributed by atoms with Crippen molar-refractivity contribution in [1.29, 1.82) is 0 Å². The lowest BCUT2D eigenvalue weighted by Crippen LogP contribution is -2.92. The molecule has 2 aliphatic carbocycles. The molecule has 2 fully saturated rings. The predicted molar refractivity (Wildman–Crippen MR) is 61.6 cm³/mol. The molecule has 0 aliphatic heterocycles. The van der Waals surface area contributed by atoms with E-state index in [-0.39, 0.29) is 6.10 Å². The number of quaternary nitrogens is 1. The van der Waals surface area contributed by atoms with Gasteiger partial charge in [-0.2, -0.15) is 0 Å². The van der Waals surface area contributed by atoms with E-state index in [1.165, 1.54) is 44.9 Å². The highest BCUT2D eigenvalue weighted by Crippen LogP contribution is 2.39. The van der Waals surface area contributed by atoms with E-state index >= 15 is 0 Å². The number of hydrogen-bond acceptors (Lipinski definition) is 1. The lowest BCUT2D eigenvalue weighted by atomic mass is 9.69. The average molecular weight is 212 g/mol. The fourth-order valence-electron chi connectivity index (χ4n) is 3.51. The van der Waals surface area contributed by atoms with Crippen molar-refractivity contribution in [3.05, 3.63) is 0 Å². The van der Waals surface area contributed by atoms with Crippen molar-refractivity contribution < 1.29 is 10.4 Å². The normalized spacial score (nSPS) is 38.4. The summed E-state index contributed by atoms with van der Waals surface area (Å²) in [4.78, 5) is 0. The van der Waals surface area contributed by atoms with Crippen molar-refractivity contribution in [3.63, 3.8) is 0 Å². The molecule has 15 heavy (non-hydrogen) atoms. The Bertz CT molecular complexity index is 193. The molecular formula is C13H26NO+. The summed E-state index contributed by atoms with van der Waals surface area (Å²) in [6.45, 7) is 2.78. The number of nitrogens with two attached hydrogens (primary N) is 1. The van der Waals surface area contributed by atoms with Gasteiger partial charge in [-0.1, -0.05) is 19.3 Å². The lowest BCUT2D eigenvalue weighted by Gasteiger charge is -2.38. The van der Waals surface area contributed by atoms with Crippen LogP contribution in [-0.4, -0.2) is 23.8 Å². The van der Waals surface area contributed by atoms with Crippen molar-refractivity contribution in [2.75, 3.05) is 6.54 Å². The summed E-state index contributed by atoms with van der Waals surface area (Å²) in [6, 6.07) is 0.805. The Hall–Kier alpha value is -0.0800. The third-order valence-corrected chi connectivity index (χ3v) is 4.39. The minimum absolute atomic E-state index is 0.144. The van der Waals surface area contributed by atoms with Crippen molar-refractivity contribution in [3.8, 4) is 0 Å². The Labute approximate surface area is 93.5 Å². The maximum absolute atomic E-state index is 9.28. The minimum Gasteiger partial charge on any atom is -0.388 e. The first-order valence-corrected chi connectivity index (χ1v) is 6.77. The molecule has 0 saturated heterocycles. The number of aliphatic hydroxyl groups is 1. The van der Waals surface area contributed by atoms with Crippen LogP contribution in [0, 0.1) is 11.8 Å². The molecule has 0 aromatic rings. The van der Waals surface area contributed by atoms with E-state index in [9.17, 15) is 5.11 Å². The molecule has 2 aliphatic rings. The van der Waals surface area contributed by atoms with Gasteiger partial charge in [-0.05, 0) is 38.0 Å². The van der Waals surface area contributed by atoms with E-state index in [1.807, 2.05) is 6.92 Å². The molecule has 0 radical (unpaired) electrons. The van der Waals surface area contributed by atoms with Gasteiger partial charge in [-0.15, -0.1) is 0 Å². The molecule has 0 aromatic heterocycles. The fourth-order valence-corrected chi connectivity index (χ4v) is 3.51. The summed E-state index contributed by atoms with van der Waals surface area (Å²) in [7, 11) is 0. The summed E-state index contributed by atoms with van der Waals surface area (Å²) in [5.74, 6) is 2.07. The molecule has 4 atom stereocenters. The predicted octanol–water partition coefficient (Wildman–Crippen LogP) is 1.29. The van der Waals surface area contributed by atoms with Crippen LogP contribution in [0.4, 0.5) is 0 Å². The summed E-state index contributed by atoms with van der Waals surface area (Å²) in [6.07, 6.45) is 10.0. The first-order chi connectivity index (χ1) is 7.25. The molecule has 88 valence electrons. The molecule has 3 N–H and O–H groups in total. The molecule has 0 spiro atoms. The van der Waals surface area contributed by atoms with E-state index in [1.54, 1.807) is 0 Å². The number of hydrogen-bond donors (Lipinski definition) is 2. The van der Waals surface area contributed by atoms with Crippen LogP contribution in [0.2, 0.25) is 0 Å². The Morgan fingerprint density at radius 2 is 1.87 bits per heavy atom. The summed E-state index contributed by atoms with van der Waals surface area (Å²) in [5, 5.41) is 11.7. The standard InChI is InChI=1S/C13H25NO/c1-10(15)9-14-13-7-6-11-4-2-3-5-12(11)8-13/h10-15H,2-9H2,1H3/p+1/t10-,11+,12-,13-/m1/s1. The van der Waals surface area contributed by atoms with Crippen molar-refractivity contribution in [2.45, 2.75) is 64.0 Å². The Morgan fingerprint density at radius 1 is 1.13 bits per heavy atom. The molecule has 2 rings (SSSR count). The Kier molecular flexibility index (Phi) is 4.04. The quantitative estimate of drug-likeness (QED) is 0.727. The zero-order valence-electron chi connectivity index (χ0n) is 9.99. The van der Waals surface area contributed by atoms with E-state index in [2.05, 4.69) is 5.32 Å². The van der Waals surface area contributed by atoms with Gasteiger partial charge in [0.15, 0.2) is 0 Å². The maximum atomic E-state index is 9.28. The average Bonchev–Trinajstić information content (AvgIpc) is 2.26. The molecule has 2 saturated carbocycles. The third-order valence-electron chi connectivity index (χ3n) is 4.39. The highest BCUT2D eigenvalue weighted by Gasteiger charge is 2.33. The van der Waals surface area contributed by atoms with Crippen LogP contribution in [0.25, 0.3) is 0 Å². The highest BCUT2D eigenvalue weighted by atomic mass is 16.3. The van der Waals surface area contributed by atoms with Gasteiger partial charge >= 0.3 is 0 Å². The zero-order valence-corrected chi connectivity index (χ0v) is 9.99. The second kappa shape index (κ2) is 5.31. The monoisotopic (exact) mass is 212 g/mol. The van der Waals surface area contributed by atoms with Crippen molar-refractivity contribution in [2.24, 2.45) is 11.8 Å². The van der Waals surface area contributed by atoms with Crippen molar-refractivity contribution in [1.82, 2.24) is 0 Å². The van der Waals surface area contributed by atoms with Crippen LogP contribution >= 0.6 is 0 Å². The van der Waals surface area contributed by atoms with Gasteiger partial charge in [0.2, 0.25) is 0 Å². The number of aliphatic hydroxyl groups excluding tert-OH is 1. The first-order valence-electron chi connectivity index (χ1n) is 6.77. The molecule has 2 heteroatoms. The topological polar surface area (TPSA) is 36.8 Å². The van der Waals surface area contributed by atoms with Crippen molar-refractivity contribution >= 4 is 0 Å². The van der Waals surface area contributed by atoms with E-state index in [4.69, 9.17) is 0 Å². The lowest BCUT2D eigenvalue weighted by molar-refractivity contribution is -0.698. The van der Waals surface area contributed by atoms with Crippen LogP contribution in [0.5, 0.6) is 0 Å². The molecule has 0 bridgehead atoms. The number of rotatable bonds is 3. The van der Waals surface area contributed by atoms with Gasteiger partial charge in [-0.3, -0.25) is 0 Å². The van der Waals surface area contributed by atoms with Gasteiger partial charge in [0.05, 0.1) is 12.1 Å². The Morgan fingerprint density at radius 3 is 2.60 bits per heavy atom. The smallest absolute Gasteiger partial charge is 0.102 e. The van der Waals surface area contributed by atoms with E-state index in [0.29, 0.717) is 0 Å². The second-order valence-corrected chi connectivity index (χ2v) is 5.70. The van der Waals surface area contributed by atoms with Gasteiger partial charge in [0, 0.05) is 6.42 Å². The van der Waals surface area contributed by atoms with Crippen LogP contribution in [0.15, 0.2) is 0 Å². The van der Waals surface area contributed by atoms with Gasteiger partial charge < -0.3 is 10.4 Å². The summed E-state index contributed by atoms with van der Waals surface area (Å²) >= 11 is 0. The molecule has 0 heterocycles. The van der Waals surface area contributed by atoms with Crippen LogP contribution < -0.4 is 5.32 Å². The van der Waals surface area contributed by atoms with Gasteiger partial charge in [-0.25, -0.2) is 0 Å². The SMILES string of the molecule is C[C@@H](O)C[NH2+][C@@H]1CC[C@@H]2CCCC[C@@H]2C1. The third kappa shape index (κ3) is 3.18. The summed E-state index contributed by atoms with van der Waals surface area (Å²) < 4.78 is 0. The largest absolute Gasteiger partial charge is 0.388 e. The molecule has 0 aromatic carbocycles. The molecule has 0 unspecified atom stereocenters. The van der Waals surface area contributed by atoms with E-state index < -0.39 is 0 Å². The van der Waals surface area contributed by atoms with E-state index in [0.717, 1.165) is 24.4 Å². The van der Waals surface area contributed by atoms with Crippen LogP contribution in [0.1, 0.15) is 51.9 Å². The van der Waals surface area contributed by atoms with Gasteiger partial charge in [0.1, 0.15) is 6.54 Å². The van der Waals surface area contributed by atoms with Gasteiger partial charge in [0.25, 0.3) is 0 Å². The first kappa shape index (κ1) is 11.4. The Balaban J connectivity index is 1.75. The number of fused-ring (bicyclic) bond motifs is 1. The fraction of sp³-hybridized carbons (Fsp3) is 1.00. The second-order valence-electron chi connectivity index (χ2n) is 5.70. The van der Waals surface area contributed by atoms with Crippen LogP contribution in [-0.2, 0) is 0 Å². The summed E-state index contributed by atoms with van der Waals surface area (Å²) in [5.41, 5.74) is 0. The van der Waals surface area contributed by atoms with Crippen LogP contribution in [0.3, 0.4) is 0 Å². The highest BCUT2D eigenvalue weighted by molar-refractivity contribution is 4.82. The minimum atomic E-state index is -0.144. The molecular weight excluding hydrogens is 186 g/mol. The zero-order chi connectivity index (χ0) is 10.7. The molecule has 0 amide bonds. The maximum Gasteiger partial charge on any atom is 0.102 e. The molecule has 2 nitrogen and oxygen atoms in total.